The second-order valence-electron chi connectivity index (χ2n) is 12.0. The van der Waals surface area contributed by atoms with E-state index in [-0.39, 0.29) is 6.03 Å². The molecule has 5 heterocycles. The van der Waals surface area contributed by atoms with Gasteiger partial charge >= 0.3 is 6.03 Å². The van der Waals surface area contributed by atoms with Crippen molar-refractivity contribution in [3.63, 3.8) is 0 Å². The van der Waals surface area contributed by atoms with Crippen LogP contribution in [-0.4, -0.2) is 72.0 Å². The number of hydrogen-bond donors (Lipinski definition) is 1. The maximum atomic E-state index is 13.0. The highest BCUT2D eigenvalue weighted by Crippen LogP contribution is 2.56. The predicted molar refractivity (Wildman–Crippen MR) is 124 cm³/mol. The van der Waals surface area contributed by atoms with Gasteiger partial charge in [0, 0.05) is 48.6 Å². The smallest absolute Gasteiger partial charge is 0.320 e. The minimum absolute atomic E-state index is 0.256. The summed E-state index contributed by atoms with van der Waals surface area (Å²) in [6, 6.07) is 4.92. The van der Waals surface area contributed by atoms with Crippen LogP contribution in [0.2, 0.25) is 0 Å². The lowest BCUT2D eigenvalue weighted by atomic mass is 9.56. The van der Waals surface area contributed by atoms with Crippen LogP contribution in [0.15, 0.2) is 24.7 Å². The van der Waals surface area contributed by atoms with Crippen LogP contribution in [0.1, 0.15) is 62.0 Å². The van der Waals surface area contributed by atoms with Crippen LogP contribution in [0.3, 0.4) is 0 Å². The van der Waals surface area contributed by atoms with Gasteiger partial charge < -0.3 is 9.80 Å². The molecule has 3 aromatic rings. The Morgan fingerprint density at radius 2 is 1.76 bits per heavy atom. The highest BCUT2D eigenvalue weighted by Gasteiger charge is 2.58. The molecule has 3 aliphatic carbocycles. The highest BCUT2D eigenvalue weighted by atomic mass is 16.2. The molecule has 9 nitrogen and oxygen atoms in total. The number of carbonyl (C=O) groups is 1. The Morgan fingerprint density at radius 3 is 2.50 bits per heavy atom. The summed E-state index contributed by atoms with van der Waals surface area (Å²) in [5, 5.41) is 11.7. The summed E-state index contributed by atoms with van der Waals surface area (Å²) in [7, 11) is 0. The van der Waals surface area contributed by atoms with E-state index in [0.29, 0.717) is 28.7 Å². The molecule has 176 valence electrons. The van der Waals surface area contributed by atoms with E-state index in [2.05, 4.69) is 41.8 Å². The zero-order valence-corrected chi connectivity index (χ0v) is 19.4. The summed E-state index contributed by atoms with van der Waals surface area (Å²) >= 11 is 0. The molecule has 0 unspecified atom stereocenters. The van der Waals surface area contributed by atoms with Gasteiger partial charge in [-0.3, -0.25) is 5.10 Å². The van der Waals surface area contributed by atoms with Gasteiger partial charge in [-0.25, -0.2) is 19.4 Å². The highest BCUT2D eigenvalue weighted by molar-refractivity contribution is 5.77. The molecule has 0 atom stereocenters. The molecule has 3 aromatic heterocycles. The van der Waals surface area contributed by atoms with Crippen LogP contribution in [0.4, 0.5) is 4.79 Å². The Kier molecular flexibility index (Phi) is 3.74. The number of rotatable bonds is 4. The average molecular weight is 459 g/mol. The van der Waals surface area contributed by atoms with E-state index in [1.54, 1.807) is 6.20 Å². The minimum atomic E-state index is 0.256. The summed E-state index contributed by atoms with van der Waals surface area (Å²) in [6.07, 6.45) is 11.9. The number of likely N-dealkylation sites (tertiary alicyclic amines) is 2. The zero-order valence-electron chi connectivity index (χ0n) is 19.4. The van der Waals surface area contributed by atoms with Crippen LogP contribution >= 0.6 is 0 Å². The maximum Gasteiger partial charge on any atom is 0.320 e. The number of aromatic nitrogens is 6. The number of nitrogens with one attached hydrogen (secondary N) is 1. The average Bonchev–Trinajstić information content (AvgIpc) is 3.26. The fourth-order valence-corrected chi connectivity index (χ4v) is 7.23. The maximum absolute atomic E-state index is 13.0. The number of amides is 2. The minimum Gasteiger partial charge on any atom is -0.323 e. The molecule has 2 saturated heterocycles. The molecule has 0 bridgehead atoms. The number of fused-ring (bicyclic) bond motifs is 1. The first kappa shape index (κ1) is 19.3. The second-order valence-corrected chi connectivity index (χ2v) is 12.0. The molecule has 2 amide bonds. The Balaban J connectivity index is 0.796. The molecule has 0 radical (unpaired) electrons. The standard InChI is InChI=1S/C25H30N8O/c34-23(32-13-25(14-32)8-19(9-25)33-15-26-22(30-33)17-1-2-17)31-11-24(12-31)6-16(7-24)5-18-3-4-20-21(28-18)10-27-29-20/h3-4,10,15-17,19H,1-2,5-9,11-14H2,(H,27,29). The first-order valence-corrected chi connectivity index (χ1v) is 12.8. The normalized spacial score (nSPS) is 25.3. The van der Waals surface area contributed by atoms with E-state index in [0.717, 1.165) is 68.0 Å². The van der Waals surface area contributed by atoms with Crippen LogP contribution in [0.25, 0.3) is 11.0 Å². The first-order chi connectivity index (χ1) is 16.6. The fraction of sp³-hybridized carbons (Fsp3) is 0.640. The van der Waals surface area contributed by atoms with Crippen molar-refractivity contribution in [3.05, 3.63) is 36.2 Å². The van der Waals surface area contributed by atoms with Crippen LogP contribution in [-0.2, 0) is 6.42 Å². The molecule has 5 fully saturated rings. The number of aromatic amines is 1. The van der Waals surface area contributed by atoms with E-state index in [1.807, 2.05) is 6.33 Å². The summed E-state index contributed by atoms with van der Waals surface area (Å²) in [5.41, 5.74) is 3.80. The Bertz CT molecular complexity index is 1260. The zero-order chi connectivity index (χ0) is 22.5. The molecule has 1 N–H and O–H groups in total. The van der Waals surface area contributed by atoms with Gasteiger partial charge in [-0.05, 0) is 63.0 Å². The largest absolute Gasteiger partial charge is 0.323 e. The number of H-pyrrole nitrogens is 1. The second kappa shape index (κ2) is 6.58. The van der Waals surface area contributed by atoms with E-state index in [9.17, 15) is 4.79 Å². The molecule has 5 aliphatic rings. The quantitative estimate of drug-likeness (QED) is 0.648. The van der Waals surface area contributed by atoms with Gasteiger partial charge in [-0.2, -0.15) is 10.2 Å². The third-order valence-corrected chi connectivity index (χ3v) is 9.12. The Hall–Kier alpha value is -2.97. The third-order valence-electron chi connectivity index (χ3n) is 9.12. The number of hydrogen-bond acceptors (Lipinski definition) is 5. The fourth-order valence-electron chi connectivity index (χ4n) is 7.23. The summed E-state index contributed by atoms with van der Waals surface area (Å²) < 4.78 is 2.08. The van der Waals surface area contributed by atoms with Crippen LogP contribution < -0.4 is 0 Å². The molecular formula is C25H30N8O. The van der Waals surface area contributed by atoms with Crippen molar-refractivity contribution in [1.29, 1.82) is 0 Å². The molecule has 3 saturated carbocycles. The number of nitrogens with zero attached hydrogens (tertiary/aromatic N) is 7. The predicted octanol–water partition coefficient (Wildman–Crippen LogP) is 3.14. The molecular weight excluding hydrogens is 428 g/mol. The first-order valence-electron chi connectivity index (χ1n) is 12.8. The van der Waals surface area contributed by atoms with E-state index < -0.39 is 0 Å². The number of urea groups is 1. The van der Waals surface area contributed by atoms with Gasteiger partial charge in [0.2, 0.25) is 0 Å². The SMILES string of the molecule is O=C(N1CC2(CC(Cc3ccc4[nH]ncc4n3)C2)C1)N1CC2(CC(n3cnc(C4CC4)n3)C2)C1. The third kappa shape index (κ3) is 2.94. The molecule has 34 heavy (non-hydrogen) atoms. The van der Waals surface area contributed by atoms with Crippen molar-refractivity contribution < 1.29 is 4.79 Å². The lowest BCUT2D eigenvalue weighted by Crippen LogP contribution is -2.71. The van der Waals surface area contributed by atoms with Crippen molar-refractivity contribution in [3.8, 4) is 0 Å². The van der Waals surface area contributed by atoms with Crippen molar-refractivity contribution in [1.82, 2.24) is 39.7 Å². The monoisotopic (exact) mass is 458 g/mol. The van der Waals surface area contributed by atoms with Gasteiger partial charge in [-0.15, -0.1) is 0 Å². The Labute approximate surface area is 197 Å². The summed E-state index contributed by atoms with van der Waals surface area (Å²) in [5.74, 6) is 2.33. The molecule has 2 aliphatic heterocycles. The summed E-state index contributed by atoms with van der Waals surface area (Å²) in [4.78, 5) is 26.3. The lowest BCUT2D eigenvalue weighted by molar-refractivity contribution is -0.107. The molecule has 9 heteroatoms. The van der Waals surface area contributed by atoms with Gasteiger partial charge in [0.25, 0.3) is 0 Å². The van der Waals surface area contributed by atoms with Crippen molar-refractivity contribution in [2.45, 2.75) is 56.9 Å². The number of carbonyl (C=O) groups excluding carboxylic acids is 1. The lowest BCUT2D eigenvalue weighted by Gasteiger charge is -2.63. The molecule has 2 spiro atoms. The van der Waals surface area contributed by atoms with Gasteiger partial charge in [0.05, 0.1) is 17.8 Å². The number of pyridine rings is 1. The van der Waals surface area contributed by atoms with Crippen molar-refractivity contribution in [2.24, 2.45) is 16.7 Å². The molecule has 0 aromatic carbocycles. The summed E-state index contributed by atoms with van der Waals surface area (Å²) in [6.45, 7) is 3.71. The van der Waals surface area contributed by atoms with Gasteiger partial charge in [0.15, 0.2) is 5.82 Å². The van der Waals surface area contributed by atoms with E-state index in [4.69, 9.17) is 10.1 Å². The topological polar surface area (TPSA) is 95.8 Å². The van der Waals surface area contributed by atoms with Crippen LogP contribution in [0.5, 0.6) is 0 Å². The van der Waals surface area contributed by atoms with Crippen molar-refractivity contribution >= 4 is 17.1 Å². The molecule has 8 rings (SSSR count). The van der Waals surface area contributed by atoms with Gasteiger partial charge in [0.1, 0.15) is 11.8 Å². The van der Waals surface area contributed by atoms with E-state index >= 15 is 0 Å². The van der Waals surface area contributed by atoms with Crippen molar-refractivity contribution in [2.75, 3.05) is 26.2 Å². The van der Waals surface area contributed by atoms with Gasteiger partial charge in [-0.1, -0.05) is 0 Å². The van der Waals surface area contributed by atoms with Crippen LogP contribution in [0, 0.1) is 16.7 Å². The Morgan fingerprint density at radius 1 is 1.03 bits per heavy atom. The van der Waals surface area contributed by atoms with E-state index in [1.165, 1.54) is 25.7 Å².